The molecule has 1 aliphatic rings. The van der Waals surface area contributed by atoms with Crippen LogP contribution < -0.4 is 10.6 Å². The number of amides is 1. The highest BCUT2D eigenvalue weighted by atomic mass is 16.3. The van der Waals surface area contributed by atoms with Crippen molar-refractivity contribution in [3.8, 4) is 0 Å². The maximum Gasteiger partial charge on any atom is 0.229 e. The van der Waals surface area contributed by atoms with Crippen LogP contribution in [0.15, 0.2) is 24.3 Å². The zero-order valence-corrected chi connectivity index (χ0v) is 10.9. The van der Waals surface area contributed by atoms with Gasteiger partial charge in [0.05, 0.1) is 11.5 Å². The minimum atomic E-state index is -0.832. The van der Waals surface area contributed by atoms with Gasteiger partial charge in [-0.1, -0.05) is 25.1 Å². The summed E-state index contributed by atoms with van der Waals surface area (Å²) in [6.07, 6.45) is 0.618. The molecular formula is C14H20N2O2. The molecular weight excluding hydrogens is 228 g/mol. The topological polar surface area (TPSA) is 61.4 Å². The Balaban J connectivity index is 2.00. The monoisotopic (exact) mass is 248 g/mol. The molecule has 0 bridgehead atoms. The number of para-hydroxylation sites is 1. The molecule has 1 heterocycles. The molecule has 0 saturated carbocycles. The second-order valence-corrected chi connectivity index (χ2v) is 5.09. The molecule has 1 aliphatic heterocycles. The van der Waals surface area contributed by atoms with E-state index in [0.29, 0.717) is 19.5 Å². The van der Waals surface area contributed by atoms with E-state index in [1.54, 1.807) is 6.92 Å². The highest BCUT2D eigenvalue weighted by Gasteiger charge is 2.29. The number of hydrogen-bond donors (Lipinski definition) is 3. The van der Waals surface area contributed by atoms with E-state index in [9.17, 15) is 9.90 Å². The van der Waals surface area contributed by atoms with Crippen LogP contribution in [-0.4, -0.2) is 29.7 Å². The third-order valence-electron chi connectivity index (χ3n) is 3.55. The first-order valence-corrected chi connectivity index (χ1v) is 6.36. The lowest BCUT2D eigenvalue weighted by atomic mass is 9.99. The molecule has 0 saturated heterocycles. The van der Waals surface area contributed by atoms with Crippen LogP contribution in [0.1, 0.15) is 31.7 Å². The van der Waals surface area contributed by atoms with Crippen molar-refractivity contribution in [3.63, 3.8) is 0 Å². The number of anilines is 1. The van der Waals surface area contributed by atoms with Crippen LogP contribution in [0.4, 0.5) is 5.69 Å². The van der Waals surface area contributed by atoms with Gasteiger partial charge in [-0.2, -0.15) is 0 Å². The van der Waals surface area contributed by atoms with E-state index in [4.69, 9.17) is 0 Å². The molecule has 0 spiro atoms. The highest BCUT2D eigenvalue weighted by Crippen LogP contribution is 2.30. The van der Waals surface area contributed by atoms with Crippen LogP contribution in [0.25, 0.3) is 0 Å². The van der Waals surface area contributed by atoms with E-state index in [0.717, 1.165) is 11.3 Å². The van der Waals surface area contributed by atoms with E-state index in [-0.39, 0.29) is 11.8 Å². The number of carbonyl (C=O) groups is 1. The van der Waals surface area contributed by atoms with Gasteiger partial charge in [0.15, 0.2) is 0 Å². The molecule has 0 radical (unpaired) electrons. The van der Waals surface area contributed by atoms with Crippen molar-refractivity contribution < 1.29 is 9.90 Å². The lowest BCUT2D eigenvalue weighted by molar-refractivity contribution is -0.123. The molecule has 4 nitrogen and oxygen atoms in total. The fraction of sp³-hybridized carbons (Fsp3) is 0.500. The van der Waals surface area contributed by atoms with Crippen LogP contribution in [0.3, 0.4) is 0 Å². The van der Waals surface area contributed by atoms with Crippen LogP contribution in [0.2, 0.25) is 0 Å². The molecule has 0 fully saturated rings. The largest absolute Gasteiger partial charge is 0.388 e. The molecule has 2 rings (SSSR count). The van der Waals surface area contributed by atoms with Crippen molar-refractivity contribution >= 4 is 11.6 Å². The van der Waals surface area contributed by atoms with E-state index < -0.39 is 5.60 Å². The molecule has 3 N–H and O–H groups in total. The Bertz CT molecular complexity index is 443. The van der Waals surface area contributed by atoms with Gasteiger partial charge >= 0.3 is 0 Å². The van der Waals surface area contributed by atoms with Crippen molar-refractivity contribution in [1.82, 2.24) is 5.32 Å². The zero-order chi connectivity index (χ0) is 13.2. The molecule has 1 amide bonds. The minimum absolute atomic E-state index is 0.0267. The number of aliphatic hydroxyl groups is 1. The molecule has 0 aromatic heterocycles. The third-order valence-corrected chi connectivity index (χ3v) is 3.55. The first-order valence-electron chi connectivity index (χ1n) is 6.36. The van der Waals surface area contributed by atoms with Gasteiger partial charge in [0.2, 0.25) is 5.91 Å². The summed E-state index contributed by atoms with van der Waals surface area (Å²) in [5, 5.41) is 15.9. The Labute approximate surface area is 107 Å². The van der Waals surface area contributed by atoms with Gasteiger partial charge in [0.25, 0.3) is 0 Å². The summed E-state index contributed by atoms with van der Waals surface area (Å²) >= 11 is 0. The zero-order valence-electron chi connectivity index (χ0n) is 10.9. The van der Waals surface area contributed by atoms with Gasteiger partial charge in [-0.15, -0.1) is 0 Å². The number of rotatable bonds is 4. The summed E-state index contributed by atoms with van der Waals surface area (Å²) < 4.78 is 0. The lowest BCUT2D eigenvalue weighted by Gasteiger charge is -2.22. The van der Waals surface area contributed by atoms with Gasteiger partial charge in [-0.05, 0) is 25.0 Å². The molecule has 0 aliphatic carbocycles. The molecule has 1 aromatic carbocycles. The second-order valence-electron chi connectivity index (χ2n) is 5.09. The standard InChI is InChI=1S/C14H20N2O2/c1-3-14(2,18)9-16-13(17)11-8-15-12-7-5-4-6-10(11)12/h4-7,11,15,18H,3,8-9H2,1-2H3,(H,16,17). The number of carbonyl (C=O) groups excluding carboxylic acids is 1. The normalized spacial score (nSPS) is 20.7. The Morgan fingerprint density at radius 3 is 3.00 bits per heavy atom. The Morgan fingerprint density at radius 1 is 1.56 bits per heavy atom. The van der Waals surface area contributed by atoms with Crippen LogP contribution >= 0.6 is 0 Å². The summed E-state index contributed by atoms with van der Waals surface area (Å²) in [7, 11) is 0. The van der Waals surface area contributed by atoms with Gasteiger partial charge in [-0.3, -0.25) is 4.79 Å². The first-order chi connectivity index (χ1) is 8.53. The van der Waals surface area contributed by atoms with Gasteiger partial charge in [0, 0.05) is 18.8 Å². The summed E-state index contributed by atoms with van der Waals surface area (Å²) in [5.74, 6) is -0.185. The van der Waals surface area contributed by atoms with Crippen molar-refractivity contribution in [1.29, 1.82) is 0 Å². The fourth-order valence-corrected chi connectivity index (χ4v) is 2.04. The summed E-state index contributed by atoms with van der Waals surface area (Å²) in [6, 6.07) is 7.84. The van der Waals surface area contributed by atoms with E-state index in [1.165, 1.54) is 0 Å². The van der Waals surface area contributed by atoms with Gasteiger partial charge < -0.3 is 15.7 Å². The summed E-state index contributed by atoms with van der Waals surface area (Å²) in [4.78, 5) is 12.1. The molecule has 1 aromatic rings. The van der Waals surface area contributed by atoms with E-state index in [1.807, 2.05) is 31.2 Å². The van der Waals surface area contributed by atoms with Crippen LogP contribution in [-0.2, 0) is 4.79 Å². The number of nitrogens with one attached hydrogen (secondary N) is 2. The van der Waals surface area contributed by atoms with E-state index >= 15 is 0 Å². The molecule has 18 heavy (non-hydrogen) atoms. The maximum atomic E-state index is 12.1. The van der Waals surface area contributed by atoms with Gasteiger partial charge in [-0.25, -0.2) is 0 Å². The predicted molar refractivity (Wildman–Crippen MR) is 71.6 cm³/mol. The predicted octanol–water partition coefficient (Wildman–Crippen LogP) is 1.47. The second kappa shape index (κ2) is 4.98. The lowest BCUT2D eigenvalue weighted by Crippen LogP contribution is -2.42. The Morgan fingerprint density at radius 2 is 2.28 bits per heavy atom. The van der Waals surface area contributed by atoms with Crippen molar-refractivity contribution in [2.75, 3.05) is 18.4 Å². The van der Waals surface area contributed by atoms with Crippen molar-refractivity contribution in [3.05, 3.63) is 29.8 Å². The Hall–Kier alpha value is -1.55. The van der Waals surface area contributed by atoms with Gasteiger partial charge in [0.1, 0.15) is 0 Å². The fourth-order valence-electron chi connectivity index (χ4n) is 2.04. The third kappa shape index (κ3) is 2.64. The van der Waals surface area contributed by atoms with Crippen molar-refractivity contribution in [2.24, 2.45) is 0 Å². The van der Waals surface area contributed by atoms with E-state index in [2.05, 4.69) is 10.6 Å². The number of fused-ring (bicyclic) bond motifs is 1. The Kier molecular flexibility index (Phi) is 3.57. The van der Waals surface area contributed by atoms with Crippen LogP contribution in [0, 0.1) is 0 Å². The maximum absolute atomic E-state index is 12.1. The molecule has 4 heteroatoms. The number of benzene rings is 1. The van der Waals surface area contributed by atoms with Crippen LogP contribution in [0.5, 0.6) is 0 Å². The summed E-state index contributed by atoms with van der Waals surface area (Å²) in [6.45, 7) is 4.55. The highest BCUT2D eigenvalue weighted by molar-refractivity contribution is 5.88. The molecule has 2 atom stereocenters. The number of hydrogen-bond acceptors (Lipinski definition) is 3. The molecule has 2 unspecified atom stereocenters. The van der Waals surface area contributed by atoms with Crippen molar-refractivity contribution in [2.45, 2.75) is 31.8 Å². The SMILES string of the molecule is CCC(C)(O)CNC(=O)C1CNc2ccccc21. The minimum Gasteiger partial charge on any atom is -0.388 e. The summed E-state index contributed by atoms with van der Waals surface area (Å²) in [5.41, 5.74) is 1.23. The molecule has 98 valence electrons. The smallest absolute Gasteiger partial charge is 0.229 e. The first kappa shape index (κ1) is 12.9. The average Bonchev–Trinajstić information content (AvgIpc) is 2.80. The quantitative estimate of drug-likeness (QED) is 0.756. The average molecular weight is 248 g/mol.